The van der Waals surface area contributed by atoms with Gasteiger partial charge in [0.15, 0.2) is 5.75 Å². The van der Waals surface area contributed by atoms with Crippen LogP contribution in [0.1, 0.15) is 31.9 Å². The molecule has 9 nitrogen and oxygen atoms in total. The third kappa shape index (κ3) is 3.45. The minimum Gasteiger partial charge on any atom is -0.502 e. The molecule has 0 radical (unpaired) electrons. The lowest BCUT2D eigenvalue weighted by Gasteiger charge is -2.28. The van der Waals surface area contributed by atoms with Crippen molar-refractivity contribution in [1.82, 2.24) is 10.6 Å². The summed E-state index contributed by atoms with van der Waals surface area (Å²) in [5.41, 5.74) is 0.236. The number of esters is 1. The van der Waals surface area contributed by atoms with E-state index < -0.39 is 34.4 Å². The summed E-state index contributed by atoms with van der Waals surface area (Å²) >= 11 is 0. The number of nitro benzene ring substituents is 1. The molecular formula is C15H17N3O6. The van der Waals surface area contributed by atoms with Crippen LogP contribution in [0.25, 0.3) is 0 Å². The maximum absolute atomic E-state index is 12.3. The van der Waals surface area contributed by atoms with E-state index in [-0.39, 0.29) is 17.7 Å². The molecule has 1 heterocycles. The van der Waals surface area contributed by atoms with Crippen molar-refractivity contribution in [3.05, 3.63) is 45.1 Å². The van der Waals surface area contributed by atoms with E-state index in [0.29, 0.717) is 12.1 Å². The van der Waals surface area contributed by atoms with Crippen molar-refractivity contribution in [1.29, 1.82) is 0 Å². The van der Waals surface area contributed by atoms with E-state index >= 15 is 0 Å². The van der Waals surface area contributed by atoms with Gasteiger partial charge in [-0.2, -0.15) is 0 Å². The van der Waals surface area contributed by atoms with E-state index in [0.717, 1.165) is 12.1 Å². The Morgan fingerprint density at radius 3 is 2.79 bits per heavy atom. The van der Waals surface area contributed by atoms with E-state index in [1.54, 1.807) is 6.92 Å². The molecular weight excluding hydrogens is 318 g/mol. The fourth-order valence-corrected chi connectivity index (χ4v) is 2.35. The monoisotopic (exact) mass is 335 g/mol. The number of carbonyl (C=O) groups is 2. The number of nitro groups is 1. The summed E-state index contributed by atoms with van der Waals surface area (Å²) in [5, 5.41) is 25.6. The van der Waals surface area contributed by atoms with Gasteiger partial charge in [-0.3, -0.25) is 10.1 Å². The summed E-state index contributed by atoms with van der Waals surface area (Å²) in [6.07, 6.45) is 0.632. The lowest BCUT2D eigenvalue weighted by atomic mass is 9.95. The fraction of sp³-hybridized carbons (Fsp3) is 0.333. The molecule has 0 aromatic heterocycles. The highest BCUT2D eigenvalue weighted by Crippen LogP contribution is 2.33. The minimum atomic E-state index is -0.914. The number of allylic oxidation sites excluding steroid dienone is 1. The predicted molar refractivity (Wildman–Crippen MR) is 83.1 cm³/mol. The third-order valence-corrected chi connectivity index (χ3v) is 3.46. The Bertz CT molecular complexity index is 728. The Morgan fingerprint density at radius 2 is 2.17 bits per heavy atom. The second-order valence-electron chi connectivity index (χ2n) is 5.21. The van der Waals surface area contributed by atoms with Crippen molar-refractivity contribution in [3.63, 3.8) is 0 Å². The van der Waals surface area contributed by atoms with E-state index in [9.17, 15) is 24.8 Å². The van der Waals surface area contributed by atoms with Crippen molar-refractivity contribution in [2.24, 2.45) is 0 Å². The Labute approximate surface area is 137 Å². The quantitative estimate of drug-likeness (QED) is 0.428. The van der Waals surface area contributed by atoms with Gasteiger partial charge in [0.05, 0.1) is 23.1 Å². The van der Waals surface area contributed by atoms with Gasteiger partial charge >= 0.3 is 17.7 Å². The fourth-order valence-electron chi connectivity index (χ4n) is 2.35. The Hall–Kier alpha value is -3.10. The number of rotatable bonds is 5. The molecule has 1 aromatic carbocycles. The van der Waals surface area contributed by atoms with Gasteiger partial charge < -0.3 is 20.5 Å². The van der Waals surface area contributed by atoms with E-state index in [4.69, 9.17) is 4.74 Å². The number of nitrogens with zero attached hydrogens (tertiary/aromatic N) is 1. The zero-order chi connectivity index (χ0) is 17.9. The predicted octanol–water partition coefficient (Wildman–Crippen LogP) is 1.88. The minimum absolute atomic E-state index is 0.156. The number of hydrogen-bond acceptors (Lipinski definition) is 6. The summed E-state index contributed by atoms with van der Waals surface area (Å²) in [7, 11) is 0. The largest absolute Gasteiger partial charge is 0.502 e. The second-order valence-corrected chi connectivity index (χ2v) is 5.21. The number of urea groups is 1. The Balaban J connectivity index is 2.47. The van der Waals surface area contributed by atoms with Gasteiger partial charge in [0.25, 0.3) is 0 Å². The maximum Gasteiger partial charge on any atom is 0.338 e. The molecule has 3 N–H and O–H groups in total. The summed E-state index contributed by atoms with van der Waals surface area (Å²) < 4.78 is 5.12. The smallest absolute Gasteiger partial charge is 0.338 e. The van der Waals surface area contributed by atoms with Crippen LogP contribution in [0.5, 0.6) is 5.75 Å². The highest BCUT2D eigenvalue weighted by atomic mass is 16.6. The van der Waals surface area contributed by atoms with Crippen LogP contribution in [0.15, 0.2) is 29.5 Å². The summed E-state index contributed by atoms with van der Waals surface area (Å²) in [4.78, 5) is 34.3. The zero-order valence-corrected chi connectivity index (χ0v) is 13.2. The van der Waals surface area contributed by atoms with Gasteiger partial charge in [0.2, 0.25) is 0 Å². The Kier molecular flexibility index (Phi) is 5.02. The van der Waals surface area contributed by atoms with Crippen LogP contribution in [0.3, 0.4) is 0 Å². The number of carbonyl (C=O) groups excluding carboxylic acids is 2. The molecule has 0 saturated heterocycles. The molecule has 2 rings (SSSR count). The number of nitrogens with one attached hydrogen (secondary N) is 2. The summed E-state index contributed by atoms with van der Waals surface area (Å²) in [6.45, 7) is 3.60. The van der Waals surface area contributed by atoms with Crippen molar-refractivity contribution < 1.29 is 24.4 Å². The van der Waals surface area contributed by atoms with Gasteiger partial charge in [-0.15, -0.1) is 0 Å². The van der Waals surface area contributed by atoms with Crippen LogP contribution in [-0.4, -0.2) is 28.6 Å². The zero-order valence-electron chi connectivity index (χ0n) is 13.2. The molecule has 2 amide bonds. The number of benzene rings is 1. The van der Waals surface area contributed by atoms with Crippen molar-refractivity contribution in [2.75, 3.05) is 6.61 Å². The van der Waals surface area contributed by atoms with Crippen molar-refractivity contribution in [3.8, 4) is 5.75 Å². The lowest BCUT2D eigenvalue weighted by Crippen LogP contribution is -2.45. The molecule has 0 spiro atoms. The number of amides is 2. The van der Waals surface area contributed by atoms with Gasteiger partial charge in [0.1, 0.15) is 0 Å². The molecule has 1 unspecified atom stereocenters. The average Bonchev–Trinajstić information content (AvgIpc) is 2.52. The molecule has 1 aliphatic heterocycles. The first kappa shape index (κ1) is 17.3. The van der Waals surface area contributed by atoms with Crippen LogP contribution in [0.4, 0.5) is 10.5 Å². The maximum atomic E-state index is 12.3. The van der Waals surface area contributed by atoms with Crippen LogP contribution in [0, 0.1) is 10.1 Å². The average molecular weight is 335 g/mol. The van der Waals surface area contributed by atoms with Crippen LogP contribution in [-0.2, 0) is 9.53 Å². The summed E-state index contributed by atoms with van der Waals surface area (Å²) in [5.74, 6) is -1.12. The number of ether oxygens (including phenoxy) is 1. The van der Waals surface area contributed by atoms with Crippen molar-refractivity contribution >= 4 is 17.7 Å². The van der Waals surface area contributed by atoms with Crippen LogP contribution >= 0.6 is 0 Å². The molecule has 1 atom stereocenters. The molecule has 1 aliphatic rings. The molecule has 0 saturated carbocycles. The SMILES string of the molecule is CCCOC(=O)C1=C(C)NC(=O)NC1c1ccc(O)c([N+](=O)[O-])c1. The normalized spacial score (nSPS) is 17.1. The standard InChI is InChI=1S/C15H17N3O6/c1-3-6-24-14(20)12-8(2)16-15(21)17-13(12)9-4-5-11(19)10(7-9)18(22)23/h4-5,7,13,19H,3,6H2,1-2H3,(H2,16,17,21). The number of hydrogen-bond donors (Lipinski definition) is 3. The Morgan fingerprint density at radius 1 is 1.46 bits per heavy atom. The van der Waals surface area contributed by atoms with Gasteiger partial charge in [-0.1, -0.05) is 13.0 Å². The van der Waals surface area contributed by atoms with Crippen LogP contribution in [0.2, 0.25) is 0 Å². The van der Waals surface area contributed by atoms with Crippen molar-refractivity contribution in [2.45, 2.75) is 26.3 Å². The first-order valence-corrected chi connectivity index (χ1v) is 7.27. The third-order valence-electron chi connectivity index (χ3n) is 3.46. The second kappa shape index (κ2) is 6.99. The summed E-state index contributed by atoms with van der Waals surface area (Å²) in [6, 6.07) is 2.21. The van der Waals surface area contributed by atoms with E-state index in [2.05, 4.69) is 10.6 Å². The van der Waals surface area contributed by atoms with Gasteiger partial charge in [0, 0.05) is 11.8 Å². The van der Waals surface area contributed by atoms with E-state index in [1.807, 2.05) is 6.92 Å². The topological polar surface area (TPSA) is 131 Å². The lowest BCUT2D eigenvalue weighted by molar-refractivity contribution is -0.385. The first-order chi connectivity index (χ1) is 11.3. The van der Waals surface area contributed by atoms with Crippen LogP contribution < -0.4 is 10.6 Å². The molecule has 128 valence electrons. The molecule has 0 aliphatic carbocycles. The highest BCUT2D eigenvalue weighted by Gasteiger charge is 2.33. The molecule has 0 fully saturated rings. The van der Waals surface area contributed by atoms with Gasteiger partial charge in [-0.05, 0) is 25.0 Å². The van der Waals surface area contributed by atoms with Gasteiger partial charge in [-0.25, -0.2) is 9.59 Å². The number of phenols is 1. The number of phenolic OH excluding ortho intramolecular Hbond substituents is 1. The molecule has 24 heavy (non-hydrogen) atoms. The molecule has 0 bridgehead atoms. The number of aromatic hydroxyl groups is 1. The highest BCUT2D eigenvalue weighted by molar-refractivity contribution is 5.95. The first-order valence-electron chi connectivity index (χ1n) is 7.27. The molecule has 1 aromatic rings. The van der Waals surface area contributed by atoms with E-state index in [1.165, 1.54) is 6.07 Å². The molecule has 9 heteroatoms.